The van der Waals surface area contributed by atoms with Crippen LogP contribution in [0.3, 0.4) is 0 Å². The highest BCUT2D eigenvalue weighted by Gasteiger charge is 2.39. The first-order valence-electron chi connectivity index (χ1n) is 7.87. The molecule has 2 aromatic rings. The molecule has 1 fully saturated rings. The summed E-state index contributed by atoms with van der Waals surface area (Å²) in [7, 11) is 0. The average molecular weight is 392 g/mol. The molecule has 0 radical (unpaired) electrons. The molecule has 4 rings (SSSR count). The van der Waals surface area contributed by atoms with E-state index in [9.17, 15) is 0 Å². The molecule has 0 atom stereocenters. The van der Waals surface area contributed by atoms with Gasteiger partial charge in [0, 0.05) is 35.1 Å². The molecule has 0 bridgehead atoms. The summed E-state index contributed by atoms with van der Waals surface area (Å²) in [6.07, 6.45) is 7.20. The number of aromatic nitrogens is 1. The number of hydrogen-bond donors (Lipinski definition) is 0. The van der Waals surface area contributed by atoms with E-state index in [1.165, 1.54) is 6.42 Å². The Morgan fingerprint density at radius 1 is 1.13 bits per heavy atom. The molecule has 3 nitrogen and oxygen atoms in total. The van der Waals surface area contributed by atoms with Gasteiger partial charge in [0.1, 0.15) is 5.75 Å². The van der Waals surface area contributed by atoms with Gasteiger partial charge in [-0.25, -0.2) is 4.99 Å². The van der Waals surface area contributed by atoms with E-state index >= 15 is 0 Å². The maximum absolute atomic E-state index is 6.33. The van der Waals surface area contributed by atoms with E-state index in [1.54, 1.807) is 6.20 Å². The van der Waals surface area contributed by atoms with Crippen LogP contribution in [0.5, 0.6) is 5.75 Å². The lowest BCUT2D eigenvalue weighted by Crippen LogP contribution is -2.40. The van der Waals surface area contributed by atoms with Gasteiger partial charge >= 0.3 is 0 Å². The molecular formula is C18H16BrClN2O. The molecule has 0 amide bonds. The summed E-state index contributed by atoms with van der Waals surface area (Å²) < 4.78 is 7.17. The highest BCUT2D eigenvalue weighted by Crippen LogP contribution is 2.42. The Hall–Kier alpha value is -1.39. The topological polar surface area (TPSA) is 34.5 Å². The van der Waals surface area contributed by atoms with E-state index in [0.29, 0.717) is 5.02 Å². The maximum atomic E-state index is 6.33. The quantitative estimate of drug-likeness (QED) is 0.653. The monoisotopic (exact) mass is 390 g/mol. The van der Waals surface area contributed by atoms with Gasteiger partial charge in [0.2, 0.25) is 5.72 Å². The number of rotatable bonds is 1. The van der Waals surface area contributed by atoms with Crippen molar-refractivity contribution in [3.05, 3.63) is 57.3 Å². The fraction of sp³-hybridized carbons (Fsp3) is 0.333. The van der Waals surface area contributed by atoms with Crippen LogP contribution in [0.15, 0.2) is 46.0 Å². The van der Waals surface area contributed by atoms with E-state index < -0.39 is 5.72 Å². The van der Waals surface area contributed by atoms with Gasteiger partial charge in [-0.2, -0.15) is 0 Å². The molecule has 1 spiro atoms. The van der Waals surface area contributed by atoms with Crippen LogP contribution in [0.4, 0.5) is 0 Å². The van der Waals surface area contributed by atoms with E-state index in [1.807, 2.05) is 30.3 Å². The average Bonchev–Trinajstić information content (AvgIpc) is 2.57. The van der Waals surface area contributed by atoms with Gasteiger partial charge < -0.3 is 4.74 Å². The van der Waals surface area contributed by atoms with Crippen molar-refractivity contribution in [3.8, 4) is 5.75 Å². The molecular weight excluding hydrogens is 376 g/mol. The van der Waals surface area contributed by atoms with Crippen LogP contribution in [-0.4, -0.2) is 16.4 Å². The van der Waals surface area contributed by atoms with Crippen molar-refractivity contribution in [2.45, 2.75) is 37.8 Å². The molecule has 1 aliphatic heterocycles. The Morgan fingerprint density at radius 2 is 1.96 bits per heavy atom. The molecule has 1 aromatic heterocycles. The highest BCUT2D eigenvalue weighted by atomic mass is 79.9. The van der Waals surface area contributed by atoms with Crippen LogP contribution in [0, 0.1) is 0 Å². The normalized spacial score (nSPS) is 19.0. The third-order valence-electron chi connectivity index (χ3n) is 4.44. The number of pyridine rings is 1. The largest absolute Gasteiger partial charge is 0.465 e. The van der Waals surface area contributed by atoms with Crippen molar-refractivity contribution in [1.82, 2.24) is 4.98 Å². The zero-order chi connectivity index (χ0) is 15.9. The number of nitrogens with zero attached hydrogens (tertiary/aromatic N) is 2. The molecule has 0 unspecified atom stereocenters. The summed E-state index contributed by atoms with van der Waals surface area (Å²) in [5.74, 6) is 0.802. The van der Waals surface area contributed by atoms with Crippen molar-refractivity contribution in [2.75, 3.05) is 0 Å². The molecule has 2 heterocycles. The van der Waals surface area contributed by atoms with Crippen molar-refractivity contribution in [1.29, 1.82) is 0 Å². The molecule has 1 aliphatic carbocycles. The zero-order valence-electron chi connectivity index (χ0n) is 12.6. The summed E-state index contributed by atoms with van der Waals surface area (Å²) in [6, 6.07) is 9.75. The molecule has 2 aliphatic rings. The summed E-state index contributed by atoms with van der Waals surface area (Å²) in [6.45, 7) is 0. The second kappa shape index (κ2) is 5.91. The Labute approximate surface area is 148 Å². The summed E-state index contributed by atoms with van der Waals surface area (Å²) in [4.78, 5) is 9.52. The highest BCUT2D eigenvalue weighted by molar-refractivity contribution is 9.10. The van der Waals surface area contributed by atoms with Gasteiger partial charge in [0.15, 0.2) is 0 Å². The predicted molar refractivity (Wildman–Crippen MR) is 95.5 cm³/mol. The third-order valence-corrected chi connectivity index (χ3v) is 5.63. The van der Waals surface area contributed by atoms with Crippen molar-refractivity contribution in [3.63, 3.8) is 0 Å². The summed E-state index contributed by atoms with van der Waals surface area (Å²) in [5, 5.41) is 0.650. The molecule has 1 saturated carbocycles. The van der Waals surface area contributed by atoms with Crippen LogP contribution in [-0.2, 0) is 0 Å². The van der Waals surface area contributed by atoms with Gasteiger partial charge in [0.25, 0.3) is 0 Å². The molecule has 118 valence electrons. The molecule has 1 aromatic carbocycles. The lowest BCUT2D eigenvalue weighted by molar-refractivity contribution is 0.0355. The lowest BCUT2D eigenvalue weighted by Gasteiger charge is -2.38. The minimum atomic E-state index is -0.463. The number of benzene rings is 1. The molecule has 0 saturated heterocycles. The van der Waals surface area contributed by atoms with Gasteiger partial charge in [-0.05, 0) is 47.0 Å². The van der Waals surface area contributed by atoms with Crippen LogP contribution >= 0.6 is 27.5 Å². The predicted octanol–water partition coefficient (Wildman–Crippen LogP) is 5.39. The zero-order valence-corrected chi connectivity index (χ0v) is 14.9. The first-order chi connectivity index (χ1) is 11.2. The van der Waals surface area contributed by atoms with Gasteiger partial charge in [-0.15, -0.1) is 0 Å². The second-order valence-electron chi connectivity index (χ2n) is 6.05. The molecule has 5 heteroatoms. The SMILES string of the molecule is Clc1cc2c(cc1Br)C(c1ccccn1)=NC1(CCCCC1)O2. The van der Waals surface area contributed by atoms with Crippen LogP contribution in [0.1, 0.15) is 43.4 Å². The van der Waals surface area contributed by atoms with Crippen LogP contribution < -0.4 is 4.74 Å². The Bertz CT molecular complexity index is 770. The van der Waals surface area contributed by atoms with Gasteiger partial charge in [-0.3, -0.25) is 4.98 Å². The van der Waals surface area contributed by atoms with E-state index in [2.05, 4.69) is 20.9 Å². The molecule has 0 N–H and O–H groups in total. The number of ether oxygens (including phenoxy) is 1. The Morgan fingerprint density at radius 3 is 2.70 bits per heavy atom. The Balaban J connectivity index is 1.90. The van der Waals surface area contributed by atoms with E-state index in [4.69, 9.17) is 21.3 Å². The summed E-state index contributed by atoms with van der Waals surface area (Å²) >= 11 is 9.78. The van der Waals surface area contributed by atoms with Gasteiger partial charge in [0.05, 0.1) is 16.4 Å². The number of hydrogen-bond acceptors (Lipinski definition) is 3. The minimum Gasteiger partial charge on any atom is -0.465 e. The number of fused-ring (bicyclic) bond motifs is 1. The minimum absolute atomic E-state index is 0.463. The first kappa shape index (κ1) is 15.2. The standard InChI is InChI=1S/C18H16BrClN2O/c19-13-10-12-16(11-14(13)20)23-18(7-3-1-4-8-18)22-17(12)15-6-2-5-9-21-15/h2,5-6,9-11H,1,3-4,7-8H2. The number of halogens is 2. The third kappa shape index (κ3) is 2.79. The fourth-order valence-corrected chi connectivity index (χ4v) is 3.80. The summed E-state index contributed by atoms with van der Waals surface area (Å²) in [5.41, 5.74) is 2.24. The van der Waals surface area contributed by atoms with Crippen LogP contribution in [0.2, 0.25) is 5.02 Å². The van der Waals surface area contributed by atoms with E-state index in [0.717, 1.165) is 52.9 Å². The van der Waals surface area contributed by atoms with Crippen molar-refractivity contribution in [2.24, 2.45) is 4.99 Å². The fourth-order valence-electron chi connectivity index (χ4n) is 3.31. The van der Waals surface area contributed by atoms with Crippen molar-refractivity contribution < 1.29 is 4.74 Å². The van der Waals surface area contributed by atoms with Gasteiger partial charge in [-0.1, -0.05) is 24.1 Å². The van der Waals surface area contributed by atoms with Crippen molar-refractivity contribution >= 4 is 33.2 Å². The molecule has 23 heavy (non-hydrogen) atoms. The van der Waals surface area contributed by atoms with E-state index in [-0.39, 0.29) is 0 Å². The second-order valence-corrected chi connectivity index (χ2v) is 7.31. The smallest absolute Gasteiger partial charge is 0.200 e. The van der Waals surface area contributed by atoms with Crippen LogP contribution in [0.25, 0.3) is 0 Å². The maximum Gasteiger partial charge on any atom is 0.200 e. The Kier molecular flexibility index (Phi) is 3.90. The number of aliphatic imine (C=N–C) groups is 1. The lowest BCUT2D eigenvalue weighted by atomic mass is 9.90. The first-order valence-corrected chi connectivity index (χ1v) is 9.04.